The van der Waals surface area contributed by atoms with Crippen LogP contribution in [0.3, 0.4) is 0 Å². The lowest BCUT2D eigenvalue weighted by atomic mass is 9.95. The van der Waals surface area contributed by atoms with Gasteiger partial charge in [-0.3, -0.25) is 4.79 Å². The molecule has 0 spiro atoms. The first-order valence-electron chi connectivity index (χ1n) is 8.84. The molecule has 0 aliphatic heterocycles. The highest BCUT2D eigenvalue weighted by Gasteiger charge is 2.18. The van der Waals surface area contributed by atoms with Crippen molar-refractivity contribution in [2.75, 3.05) is 0 Å². The van der Waals surface area contributed by atoms with Gasteiger partial charge < -0.3 is 9.88 Å². The molecule has 0 saturated heterocycles. The fraction of sp³-hybridized carbons (Fsp3) is 0.333. The summed E-state index contributed by atoms with van der Waals surface area (Å²) in [7, 11) is 0. The van der Waals surface area contributed by atoms with Crippen molar-refractivity contribution in [1.29, 1.82) is 5.26 Å². The molecule has 1 heterocycles. The Morgan fingerprint density at radius 3 is 2.80 bits per heavy atom. The zero-order valence-corrected chi connectivity index (χ0v) is 14.4. The van der Waals surface area contributed by atoms with Gasteiger partial charge in [0.15, 0.2) is 0 Å². The van der Waals surface area contributed by atoms with Gasteiger partial charge in [0.05, 0.1) is 0 Å². The molecule has 1 amide bonds. The van der Waals surface area contributed by atoms with Crippen LogP contribution < -0.4 is 5.32 Å². The van der Waals surface area contributed by atoms with E-state index in [0.29, 0.717) is 6.54 Å². The second kappa shape index (κ2) is 7.85. The number of para-hydroxylation sites is 1. The summed E-state index contributed by atoms with van der Waals surface area (Å²) in [5, 5.41) is 13.5. The lowest BCUT2D eigenvalue weighted by Crippen LogP contribution is -2.36. The highest BCUT2D eigenvalue weighted by Crippen LogP contribution is 2.24. The van der Waals surface area contributed by atoms with Crippen molar-refractivity contribution in [3.8, 4) is 6.07 Å². The Labute approximate surface area is 148 Å². The zero-order valence-electron chi connectivity index (χ0n) is 14.4. The summed E-state index contributed by atoms with van der Waals surface area (Å²) in [6.45, 7) is 4.47. The summed E-state index contributed by atoms with van der Waals surface area (Å²) in [4.78, 5) is 12.5. The lowest BCUT2D eigenvalue weighted by Gasteiger charge is -2.22. The van der Waals surface area contributed by atoms with E-state index < -0.39 is 0 Å². The first-order valence-corrected chi connectivity index (χ1v) is 8.84. The van der Waals surface area contributed by atoms with E-state index in [2.05, 4.69) is 22.5 Å². The van der Waals surface area contributed by atoms with Crippen molar-refractivity contribution >= 4 is 22.9 Å². The van der Waals surface area contributed by atoms with E-state index in [-0.39, 0.29) is 17.5 Å². The van der Waals surface area contributed by atoms with Crippen LogP contribution in [-0.4, -0.2) is 16.5 Å². The predicted molar refractivity (Wildman–Crippen MR) is 101 cm³/mol. The molecule has 0 radical (unpaired) electrons. The van der Waals surface area contributed by atoms with E-state index in [0.717, 1.165) is 42.1 Å². The number of hydrogen-bond acceptors (Lipinski definition) is 2. The van der Waals surface area contributed by atoms with Crippen LogP contribution in [0.25, 0.3) is 17.0 Å². The maximum atomic E-state index is 12.5. The Hall–Kier alpha value is -2.80. The Balaban J connectivity index is 1.89. The number of nitrogens with one attached hydrogen (secondary N) is 1. The first kappa shape index (κ1) is 17.0. The van der Waals surface area contributed by atoms with Gasteiger partial charge in [0, 0.05) is 35.2 Å². The molecule has 1 aliphatic rings. The number of carbonyl (C=O) groups excluding carboxylic acids is 1. The van der Waals surface area contributed by atoms with Gasteiger partial charge in [0.1, 0.15) is 11.6 Å². The summed E-state index contributed by atoms with van der Waals surface area (Å²) in [6.07, 6.45) is 11.0. The monoisotopic (exact) mass is 333 g/mol. The van der Waals surface area contributed by atoms with Crippen LogP contribution in [0.15, 0.2) is 48.7 Å². The Morgan fingerprint density at radius 2 is 2.08 bits per heavy atom. The van der Waals surface area contributed by atoms with Gasteiger partial charge in [-0.1, -0.05) is 43.5 Å². The molecular formula is C21H23N3O. The molecule has 1 fully saturated rings. The molecule has 2 aromatic rings. The number of fused-ring (bicyclic) bond motifs is 1. The highest BCUT2D eigenvalue weighted by atomic mass is 16.1. The van der Waals surface area contributed by atoms with Gasteiger partial charge in [-0.2, -0.15) is 5.26 Å². The van der Waals surface area contributed by atoms with Crippen LogP contribution in [0.5, 0.6) is 0 Å². The van der Waals surface area contributed by atoms with E-state index >= 15 is 0 Å². The number of carbonyl (C=O) groups is 1. The highest BCUT2D eigenvalue weighted by molar-refractivity contribution is 6.04. The second-order valence-electron chi connectivity index (χ2n) is 6.52. The number of nitriles is 1. The van der Waals surface area contributed by atoms with E-state index in [4.69, 9.17) is 0 Å². The van der Waals surface area contributed by atoms with Crippen molar-refractivity contribution < 1.29 is 4.79 Å². The summed E-state index contributed by atoms with van der Waals surface area (Å²) in [5.74, 6) is -0.269. The van der Waals surface area contributed by atoms with E-state index in [1.54, 1.807) is 6.08 Å². The molecule has 128 valence electrons. The molecule has 3 rings (SSSR count). The van der Waals surface area contributed by atoms with Crippen LogP contribution in [0, 0.1) is 11.3 Å². The molecular weight excluding hydrogens is 310 g/mol. The minimum Gasteiger partial charge on any atom is -0.349 e. The first-order chi connectivity index (χ1) is 12.2. The molecule has 25 heavy (non-hydrogen) atoms. The number of allylic oxidation sites excluding steroid dienone is 1. The minimum absolute atomic E-state index is 0.159. The topological polar surface area (TPSA) is 57.8 Å². The molecule has 1 N–H and O–H groups in total. The molecule has 4 heteroatoms. The largest absolute Gasteiger partial charge is 0.349 e. The van der Waals surface area contributed by atoms with Gasteiger partial charge in [0.25, 0.3) is 5.91 Å². The predicted octanol–water partition coefficient (Wildman–Crippen LogP) is 4.18. The van der Waals surface area contributed by atoms with E-state index in [9.17, 15) is 10.1 Å². The molecule has 0 atom stereocenters. The standard InChI is InChI=1S/C21H23N3O/c1-2-12-24-15-17(19-10-6-7-11-20(19)24)13-16(14-22)21(25)23-18-8-4-3-5-9-18/h2,6-7,10-11,13,15,18H,1,3-5,8-9,12H2,(H,23,25). The quantitative estimate of drug-likeness (QED) is 0.507. The Bertz CT molecular complexity index is 848. The third-order valence-corrected chi connectivity index (χ3v) is 4.75. The average molecular weight is 333 g/mol. The van der Waals surface area contributed by atoms with Crippen LogP contribution in [0.2, 0.25) is 0 Å². The van der Waals surface area contributed by atoms with Crippen molar-refractivity contribution in [1.82, 2.24) is 9.88 Å². The summed E-state index contributed by atoms with van der Waals surface area (Å²) < 4.78 is 2.07. The molecule has 1 aliphatic carbocycles. The van der Waals surface area contributed by atoms with Crippen LogP contribution in [-0.2, 0) is 11.3 Å². The SMILES string of the molecule is C=CCn1cc(C=C(C#N)C(=O)NC2CCCCC2)c2ccccc21. The number of rotatable bonds is 5. The lowest BCUT2D eigenvalue weighted by molar-refractivity contribution is -0.117. The van der Waals surface area contributed by atoms with E-state index in [1.165, 1.54) is 6.42 Å². The number of amides is 1. The second-order valence-corrected chi connectivity index (χ2v) is 6.52. The van der Waals surface area contributed by atoms with Gasteiger partial charge in [0.2, 0.25) is 0 Å². The molecule has 1 aromatic heterocycles. The zero-order chi connectivity index (χ0) is 17.6. The smallest absolute Gasteiger partial charge is 0.262 e. The number of benzene rings is 1. The van der Waals surface area contributed by atoms with Gasteiger partial charge in [-0.15, -0.1) is 6.58 Å². The summed E-state index contributed by atoms with van der Waals surface area (Å²) in [6, 6.07) is 10.2. The third-order valence-electron chi connectivity index (χ3n) is 4.75. The molecule has 1 aromatic carbocycles. The number of nitrogens with zero attached hydrogens (tertiary/aromatic N) is 2. The van der Waals surface area contributed by atoms with Crippen molar-refractivity contribution in [2.45, 2.75) is 44.7 Å². The van der Waals surface area contributed by atoms with E-state index in [1.807, 2.05) is 36.5 Å². The molecule has 1 saturated carbocycles. The van der Waals surface area contributed by atoms with Gasteiger partial charge in [-0.05, 0) is 25.0 Å². The van der Waals surface area contributed by atoms with Crippen LogP contribution in [0.4, 0.5) is 0 Å². The van der Waals surface area contributed by atoms with Crippen LogP contribution >= 0.6 is 0 Å². The molecule has 0 unspecified atom stereocenters. The Morgan fingerprint density at radius 1 is 1.32 bits per heavy atom. The normalized spacial score (nSPS) is 15.7. The van der Waals surface area contributed by atoms with Crippen molar-refractivity contribution in [3.05, 3.63) is 54.3 Å². The van der Waals surface area contributed by atoms with Crippen molar-refractivity contribution in [3.63, 3.8) is 0 Å². The minimum atomic E-state index is -0.269. The fourth-order valence-corrected chi connectivity index (χ4v) is 3.49. The number of aromatic nitrogens is 1. The van der Waals surface area contributed by atoms with Gasteiger partial charge in [-0.25, -0.2) is 0 Å². The number of hydrogen-bond donors (Lipinski definition) is 1. The maximum Gasteiger partial charge on any atom is 0.262 e. The van der Waals surface area contributed by atoms with Crippen LogP contribution in [0.1, 0.15) is 37.7 Å². The van der Waals surface area contributed by atoms with Crippen molar-refractivity contribution in [2.24, 2.45) is 0 Å². The third kappa shape index (κ3) is 3.83. The molecule has 4 nitrogen and oxygen atoms in total. The average Bonchev–Trinajstić information content (AvgIpc) is 2.98. The molecule has 0 bridgehead atoms. The van der Waals surface area contributed by atoms with Gasteiger partial charge >= 0.3 is 0 Å². The Kier molecular flexibility index (Phi) is 5.35. The fourth-order valence-electron chi connectivity index (χ4n) is 3.49. The maximum absolute atomic E-state index is 12.5. The summed E-state index contributed by atoms with van der Waals surface area (Å²) >= 11 is 0. The summed E-state index contributed by atoms with van der Waals surface area (Å²) in [5.41, 5.74) is 2.11.